The van der Waals surface area contributed by atoms with Gasteiger partial charge in [0, 0.05) is 12.7 Å². The average molecular weight is 284 g/mol. The van der Waals surface area contributed by atoms with Crippen molar-refractivity contribution in [1.82, 2.24) is 5.43 Å². The zero-order valence-electron chi connectivity index (χ0n) is 12.0. The lowest BCUT2D eigenvalue weighted by Crippen LogP contribution is -2.50. The molecule has 5 heteroatoms. The van der Waals surface area contributed by atoms with Crippen LogP contribution in [0.15, 0.2) is 18.2 Å². The molecule has 0 radical (unpaired) electrons. The maximum atomic E-state index is 14.0. The summed E-state index contributed by atoms with van der Waals surface area (Å²) in [7, 11) is 1.58. The Balaban J connectivity index is 2.40. The summed E-state index contributed by atoms with van der Waals surface area (Å²) >= 11 is 0. The summed E-state index contributed by atoms with van der Waals surface area (Å²) in [5, 5.41) is 0. The molecule has 1 aromatic carbocycles. The topological polar surface area (TPSA) is 47.3 Å². The van der Waals surface area contributed by atoms with Crippen molar-refractivity contribution in [2.75, 3.05) is 7.11 Å². The van der Waals surface area contributed by atoms with Gasteiger partial charge in [-0.25, -0.2) is 14.2 Å². The summed E-state index contributed by atoms with van der Waals surface area (Å²) in [6.07, 6.45) is 3.38. The van der Waals surface area contributed by atoms with Gasteiger partial charge in [-0.1, -0.05) is 13.0 Å². The van der Waals surface area contributed by atoms with Gasteiger partial charge in [0.05, 0.1) is 11.6 Å². The first-order valence-corrected chi connectivity index (χ1v) is 6.99. The maximum absolute atomic E-state index is 14.0. The van der Waals surface area contributed by atoms with E-state index >= 15 is 0 Å². The van der Waals surface area contributed by atoms with Gasteiger partial charge in [0.25, 0.3) is 0 Å². The van der Waals surface area contributed by atoms with E-state index in [2.05, 4.69) is 12.3 Å². The van der Waals surface area contributed by atoms with E-state index in [1.807, 2.05) is 0 Å². The van der Waals surface area contributed by atoms with E-state index in [0.29, 0.717) is 5.92 Å². The number of methoxy groups -OCH3 is 1. The molecule has 1 fully saturated rings. The molecule has 0 saturated heterocycles. The lowest BCUT2D eigenvalue weighted by molar-refractivity contribution is -0.0776. The number of rotatable bonds is 4. The molecular weight excluding hydrogens is 262 g/mol. The van der Waals surface area contributed by atoms with Gasteiger partial charge in [-0.2, -0.15) is 0 Å². The van der Waals surface area contributed by atoms with Crippen molar-refractivity contribution in [1.29, 1.82) is 0 Å². The van der Waals surface area contributed by atoms with E-state index in [1.165, 1.54) is 18.2 Å². The summed E-state index contributed by atoms with van der Waals surface area (Å²) < 4.78 is 33.7. The predicted molar refractivity (Wildman–Crippen MR) is 73.8 cm³/mol. The number of nitrogens with two attached hydrogens (primary N) is 1. The van der Waals surface area contributed by atoms with Crippen molar-refractivity contribution in [3.8, 4) is 0 Å². The molecule has 1 unspecified atom stereocenters. The van der Waals surface area contributed by atoms with E-state index in [1.54, 1.807) is 7.11 Å². The third-order valence-corrected chi connectivity index (χ3v) is 4.51. The van der Waals surface area contributed by atoms with Gasteiger partial charge < -0.3 is 4.74 Å². The van der Waals surface area contributed by atoms with Gasteiger partial charge in [0.15, 0.2) is 0 Å². The summed E-state index contributed by atoms with van der Waals surface area (Å²) in [6, 6.07) is 3.15. The van der Waals surface area contributed by atoms with E-state index in [-0.39, 0.29) is 5.56 Å². The minimum absolute atomic E-state index is 0.0357. The number of ether oxygens (including phenoxy) is 1. The van der Waals surface area contributed by atoms with Crippen molar-refractivity contribution in [2.24, 2.45) is 11.8 Å². The lowest BCUT2D eigenvalue weighted by Gasteiger charge is -2.44. The SMILES string of the molecule is COC1(C(NN)c2c(F)cccc2F)CCC(C)CC1. The molecule has 0 amide bonds. The van der Waals surface area contributed by atoms with Crippen LogP contribution in [0.1, 0.15) is 44.2 Å². The smallest absolute Gasteiger partial charge is 0.131 e. The molecule has 20 heavy (non-hydrogen) atoms. The van der Waals surface area contributed by atoms with E-state index < -0.39 is 23.3 Å². The Morgan fingerprint density at radius 2 is 1.85 bits per heavy atom. The van der Waals surface area contributed by atoms with Crippen molar-refractivity contribution < 1.29 is 13.5 Å². The van der Waals surface area contributed by atoms with Crippen LogP contribution < -0.4 is 11.3 Å². The Hall–Kier alpha value is -1.04. The molecule has 0 aromatic heterocycles. The minimum Gasteiger partial charge on any atom is -0.376 e. The molecule has 1 saturated carbocycles. The highest BCUT2D eigenvalue weighted by molar-refractivity contribution is 5.26. The number of halogens is 2. The van der Waals surface area contributed by atoms with Crippen molar-refractivity contribution in [3.63, 3.8) is 0 Å². The average Bonchev–Trinajstić information content (AvgIpc) is 2.45. The molecule has 3 nitrogen and oxygen atoms in total. The molecule has 2 rings (SSSR count). The largest absolute Gasteiger partial charge is 0.376 e. The van der Waals surface area contributed by atoms with Crippen molar-refractivity contribution >= 4 is 0 Å². The summed E-state index contributed by atoms with van der Waals surface area (Å²) in [6.45, 7) is 2.17. The highest BCUT2D eigenvalue weighted by Crippen LogP contribution is 2.43. The fraction of sp³-hybridized carbons (Fsp3) is 0.600. The zero-order valence-corrected chi connectivity index (χ0v) is 12.0. The van der Waals surface area contributed by atoms with Gasteiger partial charge in [-0.05, 0) is 43.7 Å². The van der Waals surface area contributed by atoms with Gasteiger partial charge in [0.1, 0.15) is 11.6 Å². The third kappa shape index (κ3) is 2.71. The molecule has 0 heterocycles. The summed E-state index contributed by atoms with van der Waals surface area (Å²) in [5.41, 5.74) is 1.87. The Labute approximate surface area is 118 Å². The van der Waals surface area contributed by atoms with Crippen molar-refractivity contribution in [3.05, 3.63) is 35.4 Å². The number of benzene rings is 1. The van der Waals surface area contributed by atoms with Crippen LogP contribution in [0.25, 0.3) is 0 Å². The molecule has 0 bridgehead atoms. The number of nitrogens with one attached hydrogen (secondary N) is 1. The Kier molecular flexibility index (Phi) is 4.73. The van der Waals surface area contributed by atoms with Crippen LogP contribution in [0.3, 0.4) is 0 Å². The van der Waals surface area contributed by atoms with Crippen LogP contribution in [0.2, 0.25) is 0 Å². The first-order chi connectivity index (χ1) is 9.54. The molecule has 3 N–H and O–H groups in total. The quantitative estimate of drug-likeness (QED) is 0.660. The maximum Gasteiger partial charge on any atom is 0.131 e. The number of hydrogen-bond acceptors (Lipinski definition) is 3. The predicted octanol–water partition coefficient (Wildman–Crippen LogP) is 3.06. The second-order valence-corrected chi connectivity index (χ2v) is 5.69. The van der Waals surface area contributed by atoms with Crippen molar-refractivity contribution in [2.45, 2.75) is 44.2 Å². The molecule has 1 aliphatic rings. The van der Waals surface area contributed by atoms with Crippen LogP contribution in [0.4, 0.5) is 8.78 Å². The molecule has 0 spiro atoms. The highest BCUT2D eigenvalue weighted by Gasteiger charge is 2.44. The van der Waals surface area contributed by atoms with Gasteiger partial charge >= 0.3 is 0 Å². The molecule has 0 aliphatic heterocycles. The fourth-order valence-corrected chi connectivity index (χ4v) is 3.15. The van der Waals surface area contributed by atoms with E-state index in [9.17, 15) is 8.78 Å². The van der Waals surface area contributed by atoms with Crippen LogP contribution in [0, 0.1) is 17.6 Å². The first-order valence-electron chi connectivity index (χ1n) is 6.99. The minimum atomic E-state index is -0.693. The molecule has 1 aliphatic carbocycles. The zero-order chi connectivity index (χ0) is 14.8. The van der Waals surface area contributed by atoms with Crippen LogP contribution in [-0.4, -0.2) is 12.7 Å². The second-order valence-electron chi connectivity index (χ2n) is 5.69. The number of hydrazine groups is 1. The molecule has 1 atom stereocenters. The fourth-order valence-electron chi connectivity index (χ4n) is 3.15. The Morgan fingerprint density at radius 3 is 2.30 bits per heavy atom. The summed E-state index contributed by atoms with van der Waals surface area (Å²) in [5.74, 6) is 5.02. The summed E-state index contributed by atoms with van der Waals surface area (Å²) in [4.78, 5) is 0. The first kappa shape index (κ1) is 15.4. The van der Waals surface area contributed by atoms with Gasteiger partial charge in [-0.15, -0.1) is 0 Å². The van der Waals surface area contributed by atoms with E-state index in [4.69, 9.17) is 10.6 Å². The Bertz CT molecular complexity index is 439. The van der Waals surface area contributed by atoms with Crippen LogP contribution in [0.5, 0.6) is 0 Å². The molecule has 1 aromatic rings. The van der Waals surface area contributed by atoms with E-state index in [0.717, 1.165) is 25.7 Å². The molecular formula is C15H22F2N2O. The Morgan fingerprint density at radius 1 is 1.30 bits per heavy atom. The monoisotopic (exact) mass is 284 g/mol. The number of hydrogen-bond donors (Lipinski definition) is 2. The van der Waals surface area contributed by atoms with Gasteiger partial charge in [0.2, 0.25) is 0 Å². The highest BCUT2D eigenvalue weighted by atomic mass is 19.1. The third-order valence-electron chi connectivity index (χ3n) is 4.51. The lowest BCUT2D eigenvalue weighted by atomic mass is 9.73. The second kappa shape index (κ2) is 6.16. The van der Waals surface area contributed by atoms with Crippen LogP contribution >= 0.6 is 0 Å². The van der Waals surface area contributed by atoms with Gasteiger partial charge in [-0.3, -0.25) is 5.84 Å². The molecule has 112 valence electrons. The normalized spacial score (nSPS) is 28.4. The standard InChI is InChI=1S/C15H22F2N2O/c1-10-6-8-15(20-2,9-7-10)14(19-18)13-11(16)4-3-5-12(13)17/h3-5,10,14,19H,6-9,18H2,1-2H3. The van der Waals surface area contributed by atoms with Crippen LogP contribution in [-0.2, 0) is 4.74 Å².